The Bertz CT molecular complexity index is 505. The normalized spacial score (nSPS) is 18.6. The lowest BCUT2D eigenvalue weighted by molar-refractivity contribution is 0.297. The summed E-state index contributed by atoms with van der Waals surface area (Å²) in [5, 5.41) is 3.41. The number of guanidine groups is 1. The van der Waals surface area contributed by atoms with Gasteiger partial charge in [-0.2, -0.15) is 0 Å². The van der Waals surface area contributed by atoms with Crippen molar-refractivity contribution in [3.8, 4) is 5.75 Å². The zero-order chi connectivity index (χ0) is 15.2. The van der Waals surface area contributed by atoms with Crippen molar-refractivity contribution >= 4 is 5.96 Å². The van der Waals surface area contributed by atoms with E-state index in [9.17, 15) is 0 Å². The highest BCUT2D eigenvalue weighted by Gasteiger charge is 2.22. The highest BCUT2D eigenvalue weighted by atomic mass is 16.5. The minimum absolute atomic E-state index is 0.680. The van der Waals surface area contributed by atoms with E-state index in [1.807, 2.05) is 6.07 Å². The van der Waals surface area contributed by atoms with Crippen molar-refractivity contribution in [1.29, 1.82) is 0 Å². The molecule has 22 heavy (non-hydrogen) atoms. The topological polar surface area (TPSA) is 36.9 Å². The summed E-state index contributed by atoms with van der Waals surface area (Å²) in [6, 6.07) is 8.30. The molecule has 120 valence electrons. The molecule has 1 saturated carbocycles. The number of rotatable bonds is 6. The van der Waals surface area contributed by atoms with Gasteiger partial charge in [0.05, 0.1) is 13.2 Å². The Balaban J connectivity index is 1.65. The van der Waals surface area contributed by atoms with Gasteiger partial charge in [0.1, 0.15) is 5.75 Å². The molecule has 1 N–H and O–H groups in total. The van der Waals surface area contributed by atoms with Crippen molar-refractivity contribution in [2.45, 2.75) is 39.2 Å². The first-order valence-electron chi connectivity index (χ1n) is 8.61. The van der Waals surface area contributed by atoms with Gasteiger partial charge < -0.3 is 15.0 Å². The van der Waals surface area contributed by atoms with Gasteiger partial charge in [-0.1, -0.05) is 18.2 Å². The van der Waals surface area contributed by atoms with Crippen LogP contribution in [0, 0.1) is 5.92 Å². The van der Waals surface area contributed by atoms with Crippen LogP contribution in [-0.4, -0.2) is 37.1 Å². The van der Waals surface area contributed by atoms with Crippen molar-refractivity contribution in [2.24, 2.45) is 10.9 Å². The van der Waals surface area contributed by atoms with Crippen molar-refractivity contribution < 1.29 is 4.74 Å². The largest absolute Gasteiger partial charge is 0.493 e. The fourth-order valence-corrected chi connectivity index (χ4v) is 2.78. The summed E-state index contributed by atoms with van der Waals surface area (Å²) in [6.45, 7) is 6.80. The smallest absolute Gasteiger partial charge is 0.194 e. The second-order valence-electron chi connectivity index (χ2n) is 6.23. The fourth-order valence-electron chi connectivity index (χ4n) is 2.78. The van der Waals surface area contributed by atoms with Crippen LogP contribution in [0.5, 0.6) is 5.75 Å². The molecule has 1 aliphatic carbocycles. The predicted molar refractivity (Wildman–Crippen MR) is 90.3 cm³/mol. The molecule has 0 aromatic heterocycles. The molecule has 0 spiro atoms. The zero-order valence-electron chi connectivity index (χ0n) is 13.6. The molecule has 0 atom stereocenters. The Kier molecular flexibility index (Phi) is 5.20. The lowest BCUT2D eigenvalue weighted by atomic mass is 10.2. The van der Waals surface area contributed by atoms with Gasteiger partial charge >= 0.3 is 0 Å². The maximum absolute atomic E-state index is 5.98. The molecular formula is C18H27N3O. The molecule has 2 aliphatic rings. The third-order valence-electron chi connectivity index (χ3n) is 4.28. The molecule has 0 radical (unpaired) electrons. The van der Waals surface area contributed by atoms with Gasteiger partial charge in [-0.15, -0.1) is 0 Å². The molecule has 1 aliphatic heterocycles. The van der Waals surface area contributed by atoms with E-state index in [1.54, 1.807) is 0 Å². The van der Waals surface area contributed by atoms with Crippen molar-refractivity contribution in [3.05, 3.63) is 29.8 Å². The van der Waals surface area contributed by atoms with Gasteiger partial charge in [0.15, 0.2) is 5.96 Å². The molecule has 4 heteroatoms. The van der Waals surface area contributed by atoms with Crippen LogP contribution in [-0.2, 0) is 6.54 Å². The predicted octanol–water partition coefficient (Wildman–Crippen LogP) is 3.04. The van der Waals surface area contributed by atoms with E-state index in [1.165, 1.54) is 31.2 Å². The average molecular weight is 301 g/mol. The quantitative estimate of drug-likeness (QED) is 0.648. The first-order valence-corrected chi connectivity index (χ1v) is 8.61. The third-order valence-corrected chi connectivity index (χ3v) is 4.28. The van der Waals surface area contributed by atoms with Gasteiger partial charge in [-0.05, 0) is 44.6 Å². The van der Waals surface area contributed by atoms with E-state index in [-0.39, 0.29) is 0 Å². The Labute approximate surface area is 133 Å². The summed E-state index contributed by atoms with van der Waals surface area (Å²) in [5.74, 6) is 2.81. The minimum atomic E-state index is 0.680. The van der Waals surface area contributed by atoms with Crippen molar-refractivity contribution in [2.75, 3.05) is 26.2 Å². The van der Waals surface area contributed by atoms with Crippen LogP contribution in [0.1, 0.15) is 38.2 Å². The molecule has 1 heterocycles. The van der Waals surface area contributed by atoms with Crippen LogP contribution in [0.4, 0.5) is 0 Å². The number of nitrogens with zero attached hydrogens (tertiary/aromatic N) is 2. The molecule has 1 aromatic rings. The summed E-state index contributed by atoms with van der Waals surface area (Å²) < 4.78 is 5.98. The summed E-state index contributed by atoms with van der Waals surface area (Å²) >= 11 is 0. The van der Waals surface area contributed by atoms with Crippen LogP contribution in [0.15, 0.2) is 29.3 Å². The lowest BCUT2D eigenvalue weighted by Gasteiger charge is -2.21. The number of likely N-dealkylation sites (tertiary alicyclic amines) is 1. The van der Waals surface area contributed by atoms with Gasteiger partial charge in [-0.25, -0.2) is 4.99 Å². The van der Waals surface area contributed by atoms with Crippen LogP contribution < -0.4 is 10.1 Å². The van der Waals surface area contributed by atoms with Crippen LogP contribution in [0.3, 0.4) is 0 Å². The van der Waals surface area contributed by atoms with Gasteiger partial charge in [0.2, 0.25) is 0 Å². The fraction of sp³-hybridized carbons (Fsp3) is 0.611. The summed E-state index contributed by atoms with van der Waals surface area (Å²) in [7, 11) is 0. The third kappa shape index (κ3) is 4.15. The van der Waals surface area contributed by atoms with Crippen molar-refractivity contribution in [3.63, 3.8) is 0 Å². The second kappa shape index (κ2) is 7.52. The minimum Gasteiger partial charge on any atom is -0.493 e. The number of aliphatic imine (C=N–C) groups is 1. The first kappa shape index (κ1) is 15.2. The Hall–Kier alpha value is -1.71. The SMILES string of the molecule is CCNC(=NCc1ccccc1OCC1CC1)N1CCCC1. The highest BCUT2D eigenvalue weighted by molar-refractivity contribution is 5.80. The number of nitrogens with one attached hydrogen (secondary N) is 1. The number of para-hydroxylation sites is 1. The number of benzene rings is 1. The molecule has 3 rings (SSSR count). The first-order chi connectivity index (χ1) is 10.9. The second-order valence-corrected chi connectivity index (χ2v) is 6.23. The maximum Gasteiger partial charge on any atom is 0.194 e. The molecule has 0 amide bonds. The van der Waals surface area contributed by atoms with Crippen molar-refractivity contribution in [1.82, 2.24) is 10.2 Å². The van der Waals surface area contributed by atoms with Crippen LogP contribution in [0.2, 0.25) is 0 Å². The van der Waals surface area contributed by atoms with E-state index in [2.05, 4.69) is 35.3 Å². The Morgan fingerprint density at radius 2 is 2.05 bits per heavy atom. The van der Waals surface area contributed by atoms with Gasteiger partial charge in [0, 0.05) is 25.2 Å². The summed E-state index contributed by atoms with van der Waals surface area (Å²) in [4.78, 5) is 7.18. The van der Waals surface area contributed by atoms with Crippen LogP contribution >= 0.6 is 0 Å². The lowest BCUT2D eigenvalue weighted by Crippen LogP contribution is -2.39. The van der Waals surface area contributed by atoms with E-state index in [0.29, 0.717) is 6.54 Å². The Morgan fingerprint density at radius 3 is 2.77 bits per heavy atom. The molecule has 1 aromatic carbocycles. The number of hydrogen-bond acceptors (Lipinski definition) is 2. The maximum atomic E-state index is 5.98. The molecule has 2 fully saturated rings. The molecule has 0 unspecified atom stereocenters. The molecule has 4 nitrogen and oxygen atoms in total. The van der Waals surface area contributed by atoms with E-state index in [0.717, 1.165) is 43.9 Å². The standard InChI is InChI=1S/C18H27N3O/c1-2-19-18(21-11-5-6-12-21)20-13-16-7-3-4-8-17(16)22-14-15-9-10-15/h3-4,7-8,15H,2,5-6,9-14H2,1H3,(H,19,20). The van der Waals surface area contributed by atoms with Crippen LogP contribution in [0.25, 0.3) is 0 Å². The monoisotopic (exact) mass is 301 g/mol. The summed E-state index contributed by atoms with van der Waals surface area (Å²) in [6.07, 6.45) is 5.18. The van der Waals surface area contributed by atoms with Gasteiger partial charge in [0.25, 0.3) is 0 Å². The zero-order valence-corrected chi connectivity index (χ0v) is 13.6. The molecule has 1 saturated heterocycles. The average Bonchev–Trinajstić information content (AvgIpc) is 3.22. The summed E-state index contributed by atoms with van der Waals surface area (Å²) in [5.41, 5.74) is 1.18. The molecule has 0 bridgehead atoms. The van der Waals surface area contributed by atoms with Gasteiger partial charge in [-0.3, -0.25) is 0 Å². The van der Waals surface area contributed by atoms with E-state index < -0.39 is 0 Å². The highest BCUT2D eigenvalue weighted by Crippen LogP contribution is 2.30. The number of ether oxygens (including phenoxy) is 1. The number of hydrogen-bond donors (Lipinski definition) is 1. The van der Waals surface area contributed by atoms with E-state index >= 15 is 0 Å². The van der Waals surface area contributed by atoms with E-state index in [4.69, 9.17) is 9.73 Å². The Morgan fingerprint density at radius 1 is 1.27 bits per heavy atom. The molecular weight excluding hydrogens is 274 g/mol.